The normalized spacial score (nSPS) is 40.9. The molecule has 19 heavy (non-hydrogen) atoms. The lowest BCUT2D eigenvalue weighted by atomic mass is 9.62. The Morgan fingerprint density at radius 3 is 2.58 bits per heavy atom. The van der Waals surface area contributed by atoms with Gasteiger partial charge in [0.1, 0.15) is 5.60 Å². The van der Waals surface area contributed by atoms with Gasteiger partial charge in [-0.1, -0.05) is 40.5 Å². The van der Waals surface area contributed by atoms with Gasteiger partial charge in [0.05, 0.1) is 0 Å². The Hall–Kier alpha value is -0.570. The van der Waals surface area contributed by atoms with Gasteiger partial charge in [0.15, 0.2) is 6.10 Å². The van der Waals surface area contributed by atoms with E-state index in [1.165, 1.54) is 19.3 Å². The predicted octanol–water partition coefficient (Wildman–Crippen LogP) is 3.86. The van der Waals surface area contributed by atoms with E-state index >= 15 is 0 Å². The molecule has 3 nitrogen and oxygen atoms in total. The molecule has 0 bridgehead atoms. The van der Waals surface area contributed by atoms with Crippen molar-refractivity contribution >= 4 is 5.97 Å². The fourth-order valence-electron chi connectivity index (χ4n) is 4.22. The lowest BCUT2D eigenvalue weighted by molar-refractivity contribution is -0.138. The summed E-state index contributed by atoms with van der Waals surface area (Å²) in [6, 6.07) is 0. The van der Waals surface area contributed by atoms with Gasteiger partial charge >= 0.3 is 5.97 Å². The smallest absolute Gasteiger partial charge is 0.335 e. The first kappa shape index (κ1) is 14.8. The zero-order chi connectivity index (χ0) is 14.3. The number of epoxide rings is 1. The van der Waals surface area contributed by atoms with E-state index in [2.05, 4.69) is 20.8 Å². The van der Waals surface area contributed by atoms with Gasteiger partial charge in [0, 0.05) is 0 Å². The molecule has 1 saturated heterocycles. The number of aliphatic carboxylic acids is 1. The van der Waals surface area contributed by atoms with Gasteiger partial charge in [-0.05, 0) is 42.9 Å². The summed E-state index contributed by atoms with van der Waals surface area (Å²) >= 11 is 0. The third kappa shape index (κ3) is 2.81. The molecule has 0 spiro atoms. The lowest BCUT2D eigenvalue weighted by Gasteiger charge is -2.43. The Morgan fingerprint density at radius 2 is 2.11 bits per heavy atom. The molecule has 2 fully saturated rings. The summed E-state index contributed by atoms with van der Waals surface area (Å²) in [4.78, 5) is 11.1. The monoisotopic (exact) mass is 268 g/mol. The minimum Gasteiger partial charge on any atom is -0.479 e. The first-order valence-corrected chi connectivity index (χ1v) is 7.73. The molecular formula is C16H28O3. The topological polar surface area (TPSA) is 49.8 Å². The van der Waals surface area contributed by atoms with Crippen LogP contribution >= 0.6 is 0 Å². The lowest BCUT2D eigenvalue weighted by Crippen LogP contribution is -2.35. The molecule has 4 atom stereocenters. The SMILES string of the molecule is CCC1(CCC2C(C)CCCC2(C)C)OC1C(=O)O. The van der Waals surface area contributed by atoms with Crippen molar-refractivity contribution in [1.82, 2.24) is 0 Å². The Balaban J connectivity index is 1.96. The van der Waals surface area contributed by atoms with E-state index in [1.54, 1.807) is 0 Å². The third-order valence-corrected chi connectivity index (χ3v) is 5.65. The van der Waals surface area contributed by atoms with Crippen LogP contribution in [0.15, 0.2) is 0 Å². The van der Waals surface area contributed by atoms with Crippen LogP contribution in [-0.4, -0.2) is 22.8 Å². The number of carboxylic acids is 1. The van der Waals surface area contributed by atoms with Crippen molar-refractivity contribution in [2.75, 3.05) is 0 Å². The van der Waals surface area contributed by atoms with Crippen LogP contribution in [0.2, 0.25) is 0 Å². The van der Waals surface area contributed by atoms with E-state index < -0.39 is 12.1 Å². The first-order valence-electron chi connectivity index (χ1n) is 7.73. The average molecular weight is 268 g/mol. The molecule has 0 amide bonds. The highest BCUT2D eigenvalue weighted by molar-refractivity contribution is 5.77. The molecule has 0 aromatic heterocycles. The van der Waals surface area contributed by atoms with E-state index in [1.807, 2.05) is 6.92 Å². The number of carbonyl (C=O) groups is 1. The molecule has 4 unspecified atom stereocenters. The van der Waals surface area contributed by atoms with E-state index in [0.29, 0.717) is 11.3 Å². The van der Waals surface area contributed by atoms with Gasteiger partial charge in [-0.25, -0.2) is 4.79 Å². The summed E-state index contributed by atoms with van der Waals surface area (Å²) in [6.07, 6.45) is 6.20. The molecule has 3 heteroatoms. The summed E-state index contributed by atoms with van der Waals surface area (Å²) < 4.78 is 5.51. The van der Waals surface area contributed by atoms with Crippen LogP contribution in [0, 0.1) is 17.3 Å². The largest absolute Gasteiger partial charge is 0.479 e. The molecule has 1 saturated carbocycles. The van der Waals surface area contributed by atoms with Gasteiger partial charge in [0.25, 0.3) is 0 Å². The summed E-state index contributed by atoms with van der Waals surface area (Å²) in [5.41, 5.74) is 0.0271. The highest BCUT2D eigenvalue weighted by atomic mass is 16.6. The van der Waals surface area contributed by atoms with E-state index in [-0.39, 0.29) is 5.60 Å². The summed E-state index contributed by atoms with van der Waals surface area (Å²) in [5.74, 6) is 0.654. The zero-order valence-corrected chi connectivity index (χ0v) is 12.7. The average Bonchev–Trinajstić information content (AvgIpc) is 3.03. The number of ether oxygens (including phenoxy) is 1. The number of hydrogen-bond acceptors (Lipinski definition) is 2. The molecule has 2 rings (SSSR count). The van der Waals surface area contributed by atoms with Crippen molar-refractivity contribution in [3.63, 3.8) is 0 Å². The Morgan fingerprint density at radius 1 is 1.42 bits per heavy atom. The second kappa shape index (κ2) is 5.08. The fraction of sp³-hybridized carbons (Fsp3) is 0.938. The second-order valence-corrected chi connectivity index (χ2v) is 7.26. The van der Waals surface area contributed by atoms with Crippen molar-refractivity contribution in [1.29, 1.82) is 0 Å². The zero-order valence-electron chi connectivity index (χ0n) is 12.7. The van der Waals surface area contributed by atoms with Crippen molar-refractivity contribution in [2.24, 2.45) is 17.3 Å². The fourth-order valence-corrected chi connectivity index (χ4v) is 4.22. The first-order chi connectivity index (χ1) is 8.82. The van der Waals surface area contributed by atoms with Crippen LogP contribution in [-0.2, 0) is 9.53 Å². The van der Waals surface area contributed by atoms with Crippen LogP contribution in [0.1, 0.15) is 66.2 Å². The Kier molecular flexibility index (Phi) is 3.97. The van der Waals surface area contributed by atoms with Crippen molar-refractivity contribution < 1.29 is 14.6 Å². The van der Waals surface area contributed by atoms with Gasteiger partial charge in [0.2, 0.25) is 0 Å². The Bertz CT molecular complexity index is 350. The molecule has 1 N–H and O–H groups in total. The van der Waals surface area contributed by atoms with E-state index in [4.69, 9.17) is 9.84 Å². The summed E-state index contributed by atoms with van der Waals surface area (Å²) in [5, 5.41) is 9.09. The van der Waals surface area contributed by atoms with Crippen molar-refractivity contribution in [3.05, 3.63) is 0 Å². The van der Waals surface area contributed by atoms with Crippen molar-refractivity contribution in [2.45, 2.75) is 77.9 Å². The maximum absolute atomic E-state index is 11.1. The molecular weight excluding hydrogens is 240 g/mol. The maximum Gasteiger partial charge on any atom is 0.335 e. The van der Waals surface area contributed by atoms with Gasteiger partial charge in [-0.15, -0.1) is 0 Å². The number of hydrogen-bond donors (Lipinski definition) is 1. The van der Waals surface area contributed by atoms with Crippen LogP contribution in [0.4, 0.5) is 0 Å². The highest BCUT2D eigenvalue weighted by Gasteiger charge is 2.59. The number of rotatable bonds is 5. The molecule has 2 aliphatic rings. The number of carboxylic acid groups (broad SMARTS) is 1. The minimum absolute atomic E-state index is 0.362. The standard InChI is InChI=1S/C16H28O3/c1-5-16(13(19-16)14(17)18)10-8-12-11(2)7-6-9-15(12,3)4/h11-13H,5-10H2,1-4H3,(H,17,18). The highest BCUT2D eigenvalue weighted by Crippen LogP contribution is 2.50. The quantitative estimate of drug-likeness (QED) is 0.770. The molecule has 1 aliphatic heterocycles. The molecule has 110 valence electrons. The predicted molar refractivity (Wildman–Crippen MR) is 75.1 cm³/mol. The molecule has 0 aromatic carbocycles. The van der Waals surface area contributed by atoms with Gasteiger partial charge < -0.3 is 9.84 Å². The van der Waals surface area contributed by atoms with Crippen LogP contribution in [0.5, 0.6) is 0 Å². The van der Waals surface area contributed by atoms with Gasteiger partial charge in [-0.3, -0.25) is 0 Å². The molecule has 0 radical (unpaired) electrons. The van der Waals surface area contributed by atoms with Crippen molar-refractivity contribution in [3.8, 4) is 0 Å². The summed E-state index contributed by atoms with van der Waals surface area (Å²) in [6.45, 7) is 9.13. The minimum atomic E-state index is -0.794. The Labute approximate surface area is 116 Å². The van der Waals surface area contributed by atoms with E-state index in [0.717, 1.165) is 25.2 Å². The second-order valence-electron chi connectivity index (χ2n) is 7.26. The maximum atomic E-state index is 11.1. The van der Waals surface area contributed by atoms with Gasteiger partial charge in [-0.2, -0.15) is 0 Å². The van der Waals surface area contributed by atoms with Crippen LogP contribution < -0.4 is 0 Å². The van der Waals surface area contributed by atoms with Crippen LogP contribution in [0.25, 0.3) is 0 Å². The molecule has 1 heterocycles. The third-order valence-electron chi connectivity index (χ3n) is 5.65. The van der Waals surface area contributed by atoms with Crippen LogP contribution in [0.3, 0.4) is 0 Å². The summed E-state index contributed by atoms with van der Waals surface area (Å²) in [7, 11) is 0. The molecule has 1 aliphatic carbocycles. The molecule has 0 aromatic rings. The van der Waals surface area contributed by atoms with E-state index in [9.17, 15) is 4.79 Å².